The van der Waals surface area contributed by atoms with E-state index in [9.17, 15) is 14.4 Å². The molecule has 0 rings (SSSR count). The summed E-state index contributed by atoms with van der Waals surface area (Å²) in [6.45, 7) is 6.38. The molecule has 0 aliphatic heterocycles. The molecule has 0 aromatic rings. The number of esters is 3. The first kappa shape index (κ1) is 74.5. The molecule has 1 unspecified atom stereocenters. The van der Waals surface area contributed by atoms with Crippen molar-refractivity contribution in [2.24, 2.45) is 0 Å². The van der Waals surface area contributed by atoms with E-state index < -0.39 is 6.10 Å². The molecular weight excluding hydrogens is 973 g/mol. The van der Waals surface area contributed by atoms with Crippen LogP contribution in [0, 0.1) is 0 Å². The lowest BCUT2D eigenvalue weighted by Gasteiger charge is -2.18. The molecule has 0 radical (unpaired) electrons. The molecule has 0 bridgehead atoms. The van der Waals surface area contributed by atoms with Crippen molar-refractivity contribution in [3.8, 4) is 0 Å². The molecule has 0 spiro atoms. The van der Waals surface area contributed by atoms with Crippen molar-refractivity contribution in [2.75, 3.05) is 13.2 Å². The van der Waals surface area contributed by atoms with Gasteiger partial charge < -0.3 is 14.2 Å². The number of rotatable bonds is 58. The molecule has 6 heteroatoms. The van der Waals surface area contributed by atoms with Crippen molar-refractivity contribution in [2.45, 2.75) is 297 Å². The van der Waals surface area contributed by atoms with E-state index in [2.05, 4.69) is 154 Å². The van der Waals surface area contributed by atoms with Crippen molar-refractivity contribution in [3.63, 3.8) is 0 Å². The number of unbranched alkanes of at least 4 members (excludes halogenated alkanes) is 25. The van der Waals surface area contributed by atoms with Gasteiger partial charge in [0.05, 0.1) is 0 Å². The SMILES string of the molecule is CC/C=C\C/C=C\C/C=C\C/C=C\C/C=C\C/C=C\CCCCCCCCCCC(=O)OCC(COC(=O)CCCC/C=C\C/C=C\C/C=C\C/C=C\CC)OC(=O)CCCCCCCCCCC/C=C\CCCCCCCC. The quantitative estimate of drug-likeness (QED) is 0.0261. The standard InChI is InChI=1S/C73H120O6/c1-4-7-10-13-16-19-22-25-28-30-32-33-34-35-36-37-38-39-41-42-45-48-51-54-57-60-63-66-72(75)78-69-70(68-77-71(74)65-62-59-56-53-50-47-44-27-24-21-18-15-12-9-6-3)79-73(76)67-64-61-58-55-52-49-46-43-40-31-29-26-23-20-17-14-11-8-5-2/h7,9-10,12,16,18-19,21,25-29,32-33,35-36,38-39,44,50,53,70H,4-6,8,11,13-15,17,20,22-24,30-31,34,37,40-43,45-49,51-52,54-69H2,1-3H3/b10-7-,12-9-,19-16-,21-18-,28-25-,29-26-,33-32-,36-35-,39-38-,44-27-,53-50-. The summed E-state index contributed by atoms with van der Waals surface area (Å²) in [6.07, 6.45) is 93.2. The highest BCUT2D eigenvalue weighted by Crippen LogP contribution is 2.15. The number of ether oxygens (including phenoxy) is 3. The van der Waals surface area contributed by atoms with Gasteiger partial charge in [-0.25, -0.2) is 0 Å². The number of hydrogen-bond acceptors (Lipinski definition) is 6. The van der Waals surface area contributed by atoms with Crippen molar-refractivity contribution in [3.05, 3.63) is 134 Å². The van der Waals surface area contributed by atoms with Gasteiger partial charge in [-0.1, -0.05) is 270 Å². The number of hydrogen-bond donors (Lipinski definition) is 0. The summed E-state index contributed by atoms with van der Waals surface area (Å²) in [7, 11) is 0. The van der Waals surface area contributed by atoms with Crippen LogP contribution in [0.2, 0.25) is 0 Å². The van der Waals surface area contributed by atoms with Crippen molar-refractivity contribution in [1.82, 2.24) is 0 Å². The molecule has 0 N–H and O–H groups in total. The van der Waals surface area contributed by atoms with Crippen LogP contribution in [0.1, 0.15) is 290 Å². The van der Waals surface area contributed by atoms with Crippen LogP contribution in [0.3, 0.4) is 0 Å². The number of carbonyl (C=O) groups is 3. The minimum Gasteiger partial charge on any atom is -0.462 e. The zero-order valence-electron chi connectivity index (χ0n) is 51.3. The molecule has 1 atom stereocenters. The Morgan fingerprint density at radius 2 is 0.494 bits per heavy atom. The molecule has 0 aliphatic carbocycles. The van der Waals surface area contributed by atoms with Gasteiger partial charge in [0, 0.05) is 19.3 Å². The fraction of sp³-hybridized carbons (Fsp3) is 0.658. The van der Waals surface area contributed by atoms with E-state index in [1.165, 1.54) is 122 Å². The lowest BCUT2D eigenvalue weighted by molar-refractivity contribution is -0.167. The second kappa shape index (κ2) is 66.1. The zero-order chi connectivity index (χ0) is 57.1. The fourth-order valence-corrected chi connectivity index (χ4v) is 8.79. The van der Waals surface area contributed by atoms with Gasteiger partial charge in [0.1, 0.15) is 13.2 Å². The predicted octanol–water partition coefficient (Wildman–Crippen LogP) is 22.5. The third kappa shape index (κ3) is 64.3. The molecule has 6 nitrogen and oxygen atoms in total. The largest absolute Gasteiger partial charge is 0.462 e. The molecule has 0 fully saturated rings. The van der Waals surface area contributed by atoms with Gasteiger partial charge >= 0.3 is 17.9 Å². The van der Waals surface area contributed by atoms with Gasteiger partial charge in [0.25, 0.3) is 0 Å². The minimum absolute atomic E-state index is 0.0995. The summed E-state index contributed by atoms with van der Waals surface area (Å²) in [5, 5.41) is 0. The topological polar surface area (TPSA) is 78.9 Å². The first-order valence-corrected chi connectivity index (χ1v) is 32.7. The van der Waals surface area contributed by atoms with Crippen LogP contribution < -0.4 is 0 Å². The Morgan fingerprint density at radius 1 is 0.266 bits per heavy atom. The zero-order valence-corrected chi connectivity index (χ0v) is 51.3. The van der Waals surface area contributed by atoms with Crippen molar-refractivity contribution >= 4 is 17.9 Å². The van der Waals surface area contributed by atoms with Crippen molar-refractivity contribution in [1.29, 1.82) is 0 Å². The van der Waals surface area contributed by atoms with Crippen LogP contribution in [0.4, 0.5) is 0 Å². The Bertz CT molecular complexity index is 1680. The van der Waals surface area contributed by atoms with Crippen LogP contribution in [0.25, 0.3) is 0 Å². The Labute approximate surface area is 487 Å². The molecule has 448 valence electrons. The normalized spacial score (nSPS) is 13.0. The third-order valence-corrected chi connectivity index (χ3v) is 13.6. The summed E-state index contributed by atoms with van der Waals surface area (Å²) >= 11 is 0. The Kier molecular flexibility index (Phi) is 62.3. The average Bonchev–Trinajstić information content (AvgIpc) is 3.45. The molecular formula is C73H120O6. The lowest BCUT2D eigenvalue weighted by atomic mass is 10.1. The van der Waals surface area contributed by atoms with Crippen LogP contribution in [-0.4, -0.2) is 37.2 Å². The highest BCUT2D eigenvalue weighted by molar-refractivity contribution is 5.71. The maximum Gasteiger partial charge on any atom is 0.306 e. The Hall–Kier alpha value is -4.45. The molecule has 0 aromatic heterocycles. The summed E-state index contributed by atoms with van der Waals surface area (Å²) in [4.78, 5) is 38.3. The van der Waals surface area contributed by atoms with Gasteiger partial charge in [-0.05, 0) is 135 Å². The van der Waals surface area contributed by atoms with E-state index in [1.54, 1.807) is 0 Å². The smallest absolute Gasteiger partial charge is 0.306 e. The fourth-order valence-electron chi connectivity index (χ4n) is 8.79. The monoisotopic (exact) mass is 1090 g/mol. The first-order chi connectivity index (χ1) is 39.0. The summed E-state index contributed by atoms with van der Waals surface area (Å²) in [5.74, 6) is -0.948. The number of carbonyl (C=O) groups excluding carboxylic acids is 3. The van der Waals surface area contributed by atoms with Crippen LogP contribution >= 0.6 is 0 Å². The molecule has 0 heterocycles. The molecule has 0 amide bonds. The van der Waals surface area contributed by atoms with Gasteiger partial charge in [-0.2, -0.15) is 0 Å². The first-order valence-electron chi connectivity index (χ1n) is 32.7. The van der Waals surface area contributed by atoms with E-state index in [4.69, 9.17) is 14.2 Å². The number of allylic oxidation sites excluding steroid dienone is 22. The molecule has 0 aliphatic rings. The van der Waals surface area contributed by atoms with Crippen LogP contribution in [-0.2, 0) is 28.6 Å². The summed E-state index contributed by atoms with van der Waals surface area (Å²) in [5.41, 5.74) is 0. The minimum atomic E-state index is -0.806. The van der Waals surface area contributed by atoms with E-state index in [0.717, 1.165) is 128 Å². The third-order valence-electron chi connectivity index (χ3n) is 13.6. The van der Waals surface area contributed by atoms with Gasteiger partial charge in [-0.3, -0.25) is 14.4 Å². The van der Waals surface area contributed by atoms with Gasteiger partial charge in [0.15, 0.2) is 6.10 Å². The highest BCUT2D eigenvalue weighted by Gasteiger charge is 2.19. The molecule has 0 saturated heterocycles. The maximum atomic E-state index is 12.9. The molecule has 0 saturated carbocycles. The van der Waals surface area contributed by atoms with Crippen molar-refractivity contribution < 1.29 is 28.6 Å². The summed E-state index contributed by atoms with van der Waals surface area (Å²) in [6, 6.07) is 0. The predicted molar refractivity (Wildman–Crippen MR) is 343 cm³/mol. The second-order valence-electron chi connectivity index (χ2n) is 21.3. The molecule has 0 aromatic carbocycles. The van der Waals surface area contributed by atoms with E-state index in [0.29, 0.717) is 19.3 Å². The van der Waals surface area contributed by atoms with Crippen LogP contribution in [0.15, 0.2) is 134 Å². The highest BCUT2D eigenvalue weighted by atomic mass is 16.6. The second-order valence-corrected chi connectivity index (χ2v) is 21.3. The maximum absolute atomic E-state index is 12.9. The Balaban J connectivity index is 4.41. The summed E-state index contributed by atoms with van der Waals surface area (Å²) < 4.78 is 16.9. The average molecular weight is 1090 g/mol. The van der Waals surface area contributed by atoms with Gasteiger partial charge in [0.2, 0.25) is 0 Å². The molecule has 79 heavy (non-hydrogen) atoms. The van der Waals surface area contributed by atoms with E-state index in [-0.39, 0.29) is 31.1 Å². The van der Waals surface area contributed by atoms with Gasteiger partial charge in [-0.15, -0.1) is 0 Å². The Morgan fingerprint density at radius 3 is 0.810 bits per heavy atom. The van der Waals surface area contributed by atoms with E-state index >= 15 is 0 Å². The van der Waals surface area contributed by atoms with Crippen LogP contribution in [0.5, 0.6) is 0 Å². The lowest BCUT2D eigenvalue weighted by Crippen LogP contribution is -2.30. The van der Waals surface area contributed by atoms with E-state index in [1.807, 2.05) is 0 Å².